The molecule has 0 atom stereocenters. The number of methoxy groups -OCH3 is 2. The minimum atomic E-state index is 0.0710. The van der Waals surface area contributed by atoms with E-state index in [1.165, 1.54) is 0 Å². The van der Waals surface area contributed by atoms with Gasteiger partial charge in [0.2, 0.25) is 0 Å². The van der Waals surface area contributed by atoms with E-state index in [0.29, 0.717) is 41.6 Å². The molecule has 176 valence electrons. The Bertz CT molecular complexity index is 1110. The summed E-state index contributed by atoms with van der Waals surface area (Å²) in [4.78, 5) is 20.3. The molecule has 1 fully saturated rings. The molecule has 0 aliphatic carbocycles. The SMILES string of the molecule is COCCOc1cnc2c(C(=O)CN3CCC(OC)CC3)c(C)n(-c3ccc(Cl)cc3)c2c1. The lowest BCUT2D eigenvalue weighted by Gasteiger charge is -2.30. The summed E-state index contributed by atoms with van der Waals surface area (Å²) in [6.07, 6.45) is 3.83. The molecule has 0 saturated carbocycles. The van der Waals surface area contributed by atoms with E-state index in [9.17, 15) is 4.79 Å². The van der Waals surface area contributed by atoms with Crippen molar-refractivity contribution in [1.82, 2.24) is 14.5 Å². The summed E-state index contributed by atoms with van der Waals surface area (Å²) in [6.45, 7) is 4.94. The van der Waals surface area contributed by atoms with Crippen molar-refractivity contribution in [1.29, 1.82) is 0 Å². The van der Waals surface area contributed by atoms with Gasteiger partial charge in [-0.05, 0) is 44.0 Å². The van der Waals surface area contributed by atoms with Crippen LogP contribution in [0, 0.1) is 6.92 Å². The fourth-order valence-corrected chi connectivity index (χ4v) is 4.55. The highest BCUT2D eigenvalue weighted by atomic mass is 35.5. The first-order chi connectivity index (χ1) is 16.0. The number of likely N-dealkylation sites (tertiary alicyclic amines) is 1. The van der Waals surface area contributed by atoms with Gasteiger partial charge in [0.25, 0.3) is 0 Å². The van der Waals surface area contributed by atoms with Crippen LogP contribution >= 0.6 is 11.6 Å². The number of benzene rings is 1. The van der Waals surface area contributed by atoms with E-state index in [-0.39, 0.29) is 11.9 Å². The summed E-state index contributed by atoms with van der Waals surface area (Å²) in [5, 5.41) is 0.658. The van der Waals surface area contributed by atoms with E-state index < -0.39 is 0 Å². The van der Waals surface area contributed by atoms with E-state index in [0.717, 1.165) is 42.8 Å². The predicted octanol–water partition coefficient (Wildman–Crippen LogP) is 4.31. The van der Waals surface area contributed by atoms with Crippen molar-refractivity contribution in [2.24, 2.45) is 0 Å². The number of halogens is 1. The first kappa shape index (κ1) is 23.7. The van der Waals surface area contributed by atoms with Gasteiger partial charge in [0.1, 0.15) is 12.4 Å². The van der Waals surface area contributed by atoms with Gasteiger partial charge >= 0.3 is 0 Å². The van der Waals surface area contributed by atoms with Crippen LogP contribution in [0.2, 0.25) is 5.02 Å². The quantitative estimate of drug-likeness (QED) is 0.342. The Morgan fingerprint density at radius 1 is 1.15 bits per heavy atom. The molecule has 1 aliphatic heterocycles. The van der Waals surface area contributed by atoms with Gasteiger partial charge in [0.05, 0.1) is 42.0 Å². The number of pyridine rings is 1. The molecule has 0 amide bonds. The summed E-state index contributed by atoms with van der Waals surface area (Å²) >= 11 is 6.12. The number of rotatable bonds is 9. The monoisotopic (exact) mass is 471 g/mol. The van der Waals surface area contributed by atoms with Gasteiger partial charge in [0, 0.05) is 49.8 Å². The lowest BCUT2D eigenvalue weighted by molar-refractivity contribution is 0.0402. The molecule has 0 bridgehead atoms. The Kier molecular flexibility index (Phi) is 7.65. The Morgan fingerprint density at radius 2 is 1.88 bits per heavy atom. The van der Waals surface area contributed by atoms with Crippen molar-refractivity contribution in [2.45, 2.75) is 25.9 Å². The van der Waals surface area contributed by atoms with E-state index in [1.807, 2.05) is 41.8 Å². The molecule has 1 saturated heterocycles. The van der Waals surface area contributed by atoms with Gasteiger partial charge in [-0.15, -0.1) is 0 Å². The molecule has 4 rings (SSSR count). The molecular formula is C25H30ClN3O4. The Hall–Kier alpha value is -2.45. The second-order valence-electron chi connectivity index (χ2n) is 8.29. The standard InChI is InChI=1S/C25H30ClN3O4/c1-17-24(23(30)16-28-10-8-20(32-3)9-11-28)25-22(14-21(15-27-25)33-13-12-31-2)29(17)19-6-4-18(26)5-7-19/h4-7,14-15,20H,8-13,16H2,1-3H3. The fraction of sp³-hybridized carbons (Fsp3) is 0.440. The predicted molar refractivity (Wildman–Crippen MR) is 129 cm³/mol. The number of ether oxygens (including phenoxy) is 3. The number of Topliss-reactive ketones (excluding diaryl/α,β-unsaturated/α-hetero) is 1. The summed E-state index contributed by atoms with van der Waals surface area (Å²) in [5.74, 6) is 0.703. The number of piperidine rings is 1. The molecule has 0 unspecified atom stereocenters. The van der Waals surface area contributed by atoms with Crippen LogP contribution in [0.3, 0.4) is 0 Å². The van der Waals surface area contributed by atoms with Gasteiger partial charge in [0.15, 0.2) is 5.78 Å². The Balaban J connectivity index is 1.70. The van der Waals surface area contributed by atoms with Gasteiger partial charge in [-0.25, -0.2) is 4.98 Å². The highest BCUT2D eigenvalue weighted by Gasteiger charge is 2.26. The smallest absolute Gasteiger partial charge is 0.180 e. The van der Waals surface area contributed by atoms with Crippen LogP contribution in [0.15, 0.2) is 36.5 Å². The van der Waals surface area contributed by atoms with Gasteiger partial charge < -0.3 is 18.8 Å². The first-order valence-electron chi connectivity index (χ1n) is 11.2. The summed E-state index contributed by atoms with van der Waals surface area (Å²) < 4.78 is 18.4. The molecule has 8 heteroatoms. The average molecular weight is 472 g/mol. The first-order valence-corrected chi connectivity index (χ1v) is 11.6. The number of carbonyl (C=O) groups excluding carboxylic acids is 1. The zero-order chi connectivity index (χ0) is 23.4. The molecule has 1 aromatic carbocycles. The van der Waals surface area contributed by atoms with Crippen LogP contribution in [-0.4, -0.2) is 73.4 Å². The normalized spacial score (nSPS) is 15.3. The number of fused-ring (bicyclic) bond motifs is 1. The van der Waals surface area contributed by atoms with E-state index in [2.05, 4.69) is 9.88 Å². The Labute approximate surface area is 199 Å². The van der Waals surface area contributed by atoms with Crippen LogP contribution in [0.1, 0.15) is 28.9 Å². The highest BCUT2D eigenvalue weighted by molar-refractivity contribution is 6.30. The molecule has 7 nitrogen and oxygen atoms in total. The lowest BCUT2D eigenvalue weighted by atomic mass is 10.1. The second-order valence-corrected chi connectivity index (χ2v) is 8.72. The van der Waals surface area contributed by atoms with Gasteiger partial charge in [-0.2, -0.15) is 0 Å². The molecule has 3 aromatic rings. The van der Waals surface area contributed by atoms with Crippen molar-refractivity contribution in [2.75, 3.05) is 47.1 Å². The minimum Gasteiger partial charge on any atom is -0.489 e. The maximum Gasteiger partial charge on any atom is 0.180 e. The summed E-state index contributed by atoms with van der Waals surface area (Å²) in [5.41, 5.74) is 3.92. The maximum atomic E-state index is 13.5. The van der Waals surface area contributed by atoms with Crippen LogP contribution in [0.5, 0.6) is 5.75 Å². The number of hydrogen-bond donors (Lipinski definition) is 0. The average Bonchev–Trinajstić information content (AvgIpc) is 3.11. The van der Waals surface area contributed by atoms with E-state index in [4.69, 9.17) is 25.8 Å². The Morgan fingerprint density at radius 3 is 2.55 bits per heavy atom. The van der Waals surface area contributed by atoms with Gasteiger partial charge in [-0.3, -0.25) is 9.69 Å². The number of nitrogens with zero attached hydrogens (tertiary/aromatic N) is 3. The number of aromatic nitrogens is 2. The van der Waals surface area contributed by atoms with E-state index in [1.54, 1.807) is 20.4 Å². The fourth-order valence-electron chi connectivity index (χ4n) is 4.43. The zero-order valence-electron chi connectivity index (χ0n) is 19.3. The number of hydrogen-bond acceptors (Lipinski definition) is 6. The van der Waals surface area contributed by atoms with Crippen molar-refractivity contribution in [3.05, 3.63) is 52.8 Å². The van der Waals surface area contributed by atoms with Crippen LogP contribution in [0.25, 0.3) is 16.7 Å². The third-order valence-corrected chi connectivity index (χ3v) is 6.42. The third-order valence-electron chi connectivity index (χ3n) is 6.17. The molecule has 1 aliphatic rings. The molecule has 0 radical (unpaired) electrons. The van der Waals surface area contributed by atoms with Crippen LogP contribution in [-0.2, 0) is 9.47 Å². The van der Waals surface area contributed by atoms with Gasteiger partial charge in [-0.1, -0.05) is 11.6 Å². The molecule has 0 N–H and O–H groups in total. The lowest BCUT2D eigenvalue weighted by Crippen LogP contribution is -2.39. The molecular weight excluding hydrogens is 442 g/mol. The van der Waals surface area contributed by atoms with Crippen LogP contribution < -0.4 is 4.74 Å². The summed E-state index contributed by atoms with van der Waals surface area (Å²) in [7, 11) is 3.38. The van der Waals surface area contributed by atoms with Crippen molar-refractivity contribution < 1.29 is 19.0 Å². The third kappa shape index (κ3) is 5.22. The number of carbonyl (C=O) groups is 1. The summed E-state index contributed by atoms with van der Waals surface area (Å²) in [6, 6.07) is 9.50. The second kappa shape index (κ2) is 10.7. The minimum absolute atomic E-state index is 0.0710. The zero-order valence-corrected chi connectivity index (χ0v) is 20.1. The van der Waals surface area contributed by atoms with Crippen molar-refractivity contribution in [3.8, 4) is 11.4 Å². The molecule has 3 heterocycles. The maximum absolute atomic E-state index is 13.5. The number of ketones is 1. The largest absolute Gasteiger partial charge is 0.489 e. The van der Waals surface area contributed by atoms with E-state index >= 15 is 0 Å². The molecule has 2 aromatic heterocycles. The van der Waals surface area contributed by atoms with Crippen molar-refractivity contribution >= 4 is 28.4 Å². The molecule has 0 spiro atoms. The topological polar surface area (TPSA) is 65.8 Å². The highest BCUT2D eigenvalue weighted by Crippen LogP contribution is 2.31. The van der Waals surface area contributed by atoms with Crippen molar-refractivity contribution in [3.63, 3.8) is 0 Å². The molecule has 33 heavy (non-hydrogen) atoms. The van der Waals surface area contributed by atoms with Crippen LogP contribution in [0.4, 0.5) is 0 Å².